The lowest BCUT2D eigenvalue weighted by atomic mass is 10.1. The lowest BCUT2D eigenvalue weighted by Crippen LogP contribution is -2.28. The standard InChI is InChI=1S/C26H33F3N4O2.C4H6.C3H6O/c1-8-11-19(14-13-17(3)9-2)16-31-22(34)21-18(4)24(33(32-21)25(5,6)7)35-23-20(26(27,28)29)12-10-15-30-23;1-4-2-3-4;1-2-3-4/h9-15H,8,16H2,1-7H3,(H,31,34);1-3H2;3H,2H2,1H3/b14-13-,17-9-,19-11-;;. The molecule has 2 aromatic heterocycles. The highest BCUT2D eigenvalue weighted by molar-refractivity contribution is 5.94. The number of carbonyl (C=O) groups excluding carboxylic acids is 2. The van der Waals surface area contributed by atoms with Crippen molar-refractivity contribution in [2.24, 2.45) is 0 Å². The number of alkyl halides is 3. The zero-order chi connectivity index (χ0) is 32.8. The zero-order valence-electron chi connectivity index (χ0n) is 26.6. The number of ether oxygens (including phenoxy) is 1. The average Bonchev–Trinajstić information content (AvgIpc) is 3.67. The Bertz CT molecular complexity index is 1320. The number of pyridine rings is 1. The van der Waals surface area contributed by atoms with Gasteiger partial charge in [0.25, 0.3) is 5.91 Å². The van der Waals surface area contributed by atoms with Crippen molar-refractivity contribution < 1.29 is 27.5 Å². The predicted octanol–water partition coefficient (Wildman–Crippen LogP) is 8.67. The van der Waals surface area contributed by atoms with Crippen LogP contribution < -0.4 is 10.1 Å². The molecule has 0 saturated heterocycles. The summed E-state index contributed by atoms with van der Waals surface area (Å²) in [5, 5.41) is 7.26. The Balaban J connectivity index is 0.00000101. The minimum absolute atomic E-state index is 0.0276. The summed E-state index contributed by atoms with van der Waals surface area (Å²) in [6.07, 6.45) is 9.36. The maximum atomic E-state index is 13.5. The largest absolute Gasteiger partial charge is 0.421 e. The number of aromatic nitrogens is 3. The van der Waals surface area contributed by atoms with Gasteiger partial charge in [-0.1, -0.05) is 55.9 Å². The fourth-order valence-electron chi connectivity index (χ4n) is 3.20. The van der Waals surface area contributed by atoms with Crippen LogP contribution >= 0.6 is 0 Å². The van der Waals surface area contributed by atoms with Crippen molar-refractivity contribution in [3.63, 3.8) is 0 Å². The van der Waals surface area contributed by atoms with Gasteiger partial charge in [0, 0.05) is 24.7 Å². The van der Waals surface area contributed by atoms with Gasteiger partial charge in [0.15, 0.2) is 5.69 Å². The van der Waals surface area contributed by atoms with E-state index in [1.54, 1.807) is 6.92 Å². The molecule has 7 nitrogen and oxygen atoms in total. The van der Waals surface area contributed by atoms with Crippen molar-refractivity contribution in [2.45, 2.75) is 92.8 Å². The van der Waals surface area contributed by atoms with E-state index in [1.807, 2.05) is 72.8 Å². The van der Waals surface area contributed by atoms with Crippen LogP contribution in [-0.4, -0.2) is 33.5 Å². The lowest BCUT2D eigenvalue weighted by Gasteiger charge is -2.22. The molecule has 1 aliphatic carbocycles. The number of allylic oxidation sites excluding steroid dienone is 5. The first-order chi connectivity index (χ1) is 20.1. The summed E-state index contributed by atoms with van der Waals surface area (Å²) in [6, 6.07) is 2.09. The SMILES string of the molecule is C=C1CC1.CCC=O.C\C=C(C)/C=C\C(=C\CC)CNC(=O)c1nn(C(C)(C)C)c(Oc2ncccc2C(F)(F)F)c1C. The maximum Gasteiger partial charge on any atom is 0.421 e. The summed E-state index contributed by atoms with van der Waals surface area (Å²) in [5.41, 5.74) is 2.14. The first kappa shape index (κ1) is 37.1. The van der Waals surface area contributed by atoms with Crippen molar-refractivity contribution in [3.05, 3.63) is 82.8 Å². The van der Waals surface area contributed by atoms with E-state index in [2.05, 4.69) is 22.0 Å². The van der Waals surface area contributed by atoms with E-state index in [0.717, 1.165) is 29.9 Å². The van der Waals surface area contributed by atoms with Crippen molar-refractivity contribution >= 4 is 12.2 Å². The second kappa shape index (κ2) is 17.2. The van der Waals surface area contributed by atoms with Crippen LogP contribution in [0.5, 0.6) is 11.8 Å². The highest BCUT2D eigenvalue weighted by atomic mass is 19.4. The van der Waals surface area contributed by atoms with Crippen LogP contribution in [0.25, 0.3) is 0 Å². The molecule has 0 radical (unpaired) electrons. The number of nitrogens with zero attached hydrogens (tertiary/aromatic N) is 3. The number of halogens is 3. The number of hydrogen-bond donors (Lipinski definition) is 1. The first-order valence-electron chi connectivity index (χ1n) is 14.3. The third-order valence-electron chi connectivity index (χ3n) is 5.89. The molecular formula is C33H45F3N4O3. The van der Waals surface area contributed by atoms with Crippen molar-refractivity contribution in [1.29, 1.82) is 0 Å². The summed E-state index contributed by atoms with van der Waals surface area (Å²) in [5.74, 6) is -1.02. The van der Waals surface area contributed by atoms with Gasteiger partial charge in [0.1, 0.15) is 11.8 Å². The first-order valence-corrected chi connectivity index (χ1v) is 14.3. The molecule has 10 heteroatoms. The molecular weight excluding hydrogens is 557 g/mol. The van der Waals surface area contributed by atoms with E-state index in [-0.39, 0.29) is 18.1 Å². The van der Waals surface area contributed by atoms with Gasteiger partial charge >= 0.3 is 6.18 Å². The Labute approximate surface area is 253 Å². The molecule has 1 amide bonds. The number of nitrogens with one attached hydrogen (secondary N) is 1. The monoisotopic (exact) mass is 602 g/mol. The van der Waals surface area contributed by atoms with E-state index in [0.29, 0.717) is 12.0 Å². The van der Waals surface area contributed by atoms with Gasteiger partial charge in [-0.3, -0.25) is 4.79 Å². The summed E-state index contributed by atoms with van der Waals surface area (Å²) >= 11 is 0. The molecule has 2 heterocycles. The number of carbonyl (C=O) groups is 2. The fraction of sp³-hybridized carbons (Fsp3) is 0.455. The van der Waals surface area contributed by atoms with Crippen LogP contribution in [-0.2, 0) is 16.5 Å². The normalized spacial score (nSPS) is 13.5. The fourth-order valence-corrected chi connectivity index (χ4v) is 3.20. The molecule has 0 spiro atoms. The van der Waals surface area contributed by atoms with Crippen LogP contribution in [0.15, 0.2) is 65.9 Å². The third-order valence-corrected chi connectivity index (χ3v) is 5.89. The Hall–Kier alpha value is -3.95. The van der Waals surface area contributed by atoms with Gasteiger partial charge in [0.05, 0.1) is 5.54 Å². The van der Waals surface area contributed by atoms with Gasteiger partial charge in [-0.2, -0.15) is 18.3 Å². The molecule has 1 N–H and O–H groups in total. The topological polar surface area (TPSA) is 86.1 Å². The van der Waals surface area contributed by atoms with Gasteiger partial charge in [-0.25, -0.2) is 9.67 Å². The summed E-state index contributed by atoms with van der Waals surface area (Å²) in [4.78, 5) is 26.0. The van der Waals surface area contributed by atoms with Crippen molar-refractivity contribution in [2.75, 3.05) is 6.54 Å². The van der Waals surface area contributed by atoms with Crippen molar-refractivity contribution in [1.82, 2.24) is 20.1 Å². The molecule has 0 aromatic carbocycles. The van der Waals surface area contributed by atoms with E-state index in [4.69, 9.17) is 4.74 Å². The highest BCUT2D eigenvalue weighted by Crippen LogP contribution is 2.38. The Morgan fingerprint density at radius 3 is 2.23 bits per heavy atom. The van der Waals surface area contributed by atoms with Gasteiger partial charge in [-0.15, -0.1) is 0 Å². The maximum absolute atomic E-state index is 13.5. The number of aldehydes is 1. The Morgan fingerprint density at radius 1 is 1.16 bits per heavy atom. The molecule has 43 heavy (non-hydrogen) atoms. The van der Waals surface area contributed by atoms with Crippen LogP contribution in [0.4, 0.5) is 13.2 Å². The third kappa shape index (κ3) is 12.8. The zero-order valence-corrected chi connectivity index (χ0v) is 26.6. The number of rotatable bonds is 9. The average molecular weight is 603 g/mol. The van der Waals surface area contributed by atoms with Gasteiger partial charge in [-0.05, 0) is 78.5 Å². The minimum atomic E-state index is -4.65. The molecule has 1 saturated carbocycles. The van der Waals surface area contributed by atoms with Crippen LogP contribution in [0.2, 0.25) is 0 Å². The second-order valence-corrected chi connectivity index (χ2v) is 10.9. The van der Waals surface area contributed by atoms with E-state index >= 15 is 0 Å². The summed E-state index contributed by atoms with van der Waals surface area (Å²) < 4.78 is 47.5. The van der Waals surface area contributed by atoms with Crippen LogP contribution in [0, 0.1) is 6.92 Å². The number of amides is 1. The molecule has 1 aliphatic rings. The predicted molar refractivity (Wildman–Crippen MR) is 165 cm³/mol. The van der Waals surface area contributed by atoms with Gasteiger partial charge < -0.3 is 14.8 Å². The van der Waals surface area contributed by atoms with Crippen molar-refractivity contribution in [3.8, 4) is 11.8 Å². The Morgan fingerprint density at radius 2 is 1.77 bits per heavy atom. The van der Waals surface area contributed by atoms with E-state index in [1.165, 1.54) is 35.4 Å². The lowest BCUT2D eigenvalue weighted by molar-refractivity contribution is -0.139. The molecule has 3 rings (SSSR count). The minimum Gasteiger partial charge on any atom is -0.420 e. The highest BCUT2D eigenvalue weighted by Gasteiger charge is 2.36. The molecule has 0 atom stereocenters. The summed E-state index contributed by atoms with van der Waals surface area (Å²) in [6.45, 7) is 18.7. The molecule has 1 fully saturated rings. The molecule has 0 bridgehead atoms. The second-order valence-electron chi connectivity index (χ2n) is 10.9. The number of hydrogen-bond acceptors (Lipinski definition) is 5. The summed E-state index contributed by atoms with van der Waals surface area (Å²) in [7, 11) is 0. The molecule has 2 aromatic rings. The smallest absolute Gasteiger partial charge is 0.420 e. The molecule has 236 valence electrons. The Kier molecular flexibility index (Phi) is 14.9. The quantitative estimate of drug-likeness (QED) is 0.176. The molecule has 0 unspecified atom stereocenters. The van der Waals surface area contributed by atoms with Crippen LogP contribution in [0.3, 0.4) is 0 Å². The van der Waals surface area contributed by atoms with Gasteiger partial charge in [0.2, 0.25) is 11.8 Å². The van der Waals surface area contributed by atoms with E-state index < -0.39 is 29.1 Å². The molecule has 0 aliphatic heterocycles. The van der Waals surface area contributed by atoms with Crippen LogP contribution in [0.1, 0.15) is 95.8 Å². The van der Waals surface area contributed by atoms with E-state index in [9.17, 15) is 22.8 Å².